The predicted octanol–water partition coefficient (Wildman–Crippen LogP) is 2.23. The molecule has 4 atom stereocenters. The van der Waals surface area contributed by atoms with Crippen molar-refractivity contribution in [2.24, 2.45) is 5.92 Å². The zero-order chi connectivity index (χ0) is 14.4. The van der Waals surface area contributed by atoms with Gasteiger partial charge < -0.3 is 9.64 Å². The highest BCUT2D eigenvalue weighted by Gasteiger charge is 2.65. The summed E-state index contributed by atoms with van der Waals surface area (Å²) in [6.07, 6.45) is 3.73. The van der Waals surface area contributed by atoms with Gasteiger partial charge in [0.25, 0.3) is 0 Å². The van der Waals surface area contributed by atoms with Crippen molar-refractivity contribution in [3.8, 4) is 5.75 Å². The summed E-state index contributed by atoms with van der Waals surface area (Å²) in [6.45, 7) is 3.20. The van der Waals surface area contributed by atoms with Crippen molar-refractivity contribution >= 4 is 5.78 Å². The Bertz CT molecular complexity index is 667. The monoisotopic (exact) mass is 283 g/mol. The number of piperidine rings is 1. The third-order valence-corrected chi connectivity index (χ3v) is 6.60. The predicted molar refractivity (Wildman–Crippen MR) is 79.7 cm³/mol. The van der Waals surface area contributed by atoms with E-state index in [4.69, 9.17) is 4.74 Å². The van der Waals surface area contributed by atoms with Gasteiger partial charge in [0, 0.05) is 23.4 Å². The van der Waals surface area contributed by atoms with E-state index in [-0.39, 0.29) is 11.5 Å². The second kappa shape index (κ2) is 3.70. The minimum Gasteiger partial charge on any atom is -0.481 e. The molecule has 1 unspecified atom stereocenters. The van der Waals surface area contributed by atoms with Crippen LogP contribution in [0, 0.1) is 12.8 Å². The van der Waals surface area contributed by atoms with Crippen LogP contribution in [0.25, 0.3) is 0 Å². The number of Topliss-reactive ketones (excluding diaryl/α,β-unsaturated/α-hetero) is 1. The van der Waals surface area contributed by atoms with E-state index in [1.54, 1.807) is 0 Å². The molecule has 1 spiro atoms. The summed E-state index contributed by atoms with van der Waals surface area (Å²) in [7, 11) is 2.25. The molecule has 110 valence electrons. The van der Waals surface area contributed by atoms with Gasteiger partial charge in [-0.15, -0.1) is 0 Å². The second-order valence-corrected chi connectivity index (χ2v) is 7.40. The minimum absolute atomic E-state index is 0.0125. The molecular weight excluding hydrogens is 262 g/mol. The maximum absolute atomic E-state index is 12.6. The van der Waals surface area contributed by atoms with Gasteiger partial charge in [0.05, 0.1) is 0 Å². The summed E-state index contributed by atoms with van der Waals surface area (Å²) in [4.78, 5) is 15.1. The van der Waals surface area contributed by atoms with E-state index >= 15 is 0 Å². The zero-order valence-electron chi connectivity index (χ0n) is 12.7. The SMILES string of the molecule is Cc1ccc2c3c1O[C@@H]1C(=O)CC[C@@H]4C(C2)N(C)CC[C@@]314. The Morgan fingerprint density at radius 3 is 3.10 bits per heavy atom. The third kappa shape index (κ3) is 1.24. The van der Waals surface area contributed by atoms with E-state index in [1.807, 2.05) is 0 Å². The van der Waals surface area contributed by atoms with E-state index in [2.05, 4.69) is 31.0 Å². The van der Waals surface area contributed by atoms with Gasteiger partial charge in [0.1, 0.15) is 5.75 Å². The number of hydrogen-bond acceptors (Lipinski definition) is 3. The van der Waals surface area contributed by atoms with Crippen LogP contribution in [0.5, 0.6) is 5.75 Å². The molecule has 1 saturated heterocycles. The standard InChI is InChI=1S/C18H21NO2/c1-10-3-4-11-9-13-12-5-6-14(20)17-18(12,7-8-19(13)2)15(11)16(10)21-17/h3-4,12-13,17H,5-9H2,1-2H3/t12-,13?,17-,18-/m1/s1. The maximum atomic E-state index is 12.6. The number of aryl methyl sites for hydroxylation is 1. The van der Waals surface area contributed by atoms with Crippen LogP contribution >= 0.6 is 0 Å². The molecule has 1 aromatic rings. The molecular formula is C18H21NO2. The first kappa shape index (κ1) is 12.2. The van der Waals surface area contributed by atoms with Gasteiger partial charge in [-0.25, -0.2) is 0 Å². The van der Waals surface area contributed by atoms with E-state index < -0.39 is 0 Å². The number of nitrogens with zero attached hydrogens (tertiary/aromatic N) is 1. The Balaban J connectivity index is 1.83. The molecule has 0 radical (unpaired) electrons. The Hall–Kier alpha value is -1.35. The molecule has 0 N–H and O–H groups in total. The Morgan fingerprint density at radius 2 is 2.24 bits per heavy atom. The normalized spacial score (nSPS) is 39.9. The summed E-state index contributed by atoms with van der Waals surface area (Å²) < 4.78 is 6.29. The fraction of sp³-hybridized carbons (Fsp3) is 0.611. The van der Waals surface area contributed by atoms with Crippen molar-refractivity contribution in [2.45, 2.75) is 50.2 Å². The van der Waals surface area contributed by atoms with Gasteiger partial charge in [0.2, 0.25) is 0 Å². The molecule has 2 heterocycles. The molecule has 3 nitrogen and oxygen atoms in total. The number of carbonyl (C=O) groups is 1. The largest absolute Gasteiger partial charge is 0.481 e. The lowest BCUT2D eigenvalue weighted by Crippen LogP contribution is -2.65. The van der Waals surface area contributed by atoms with Crippen molar-refractivity contribution < 1.29 is 9.53 Å². The Morgan fingerprint density at radius 1 is 1.38 bits per heavy atom. The summed E-state index contributed by atoms with van der Waals surface area (Å²) >= 11 is 0. The Labute approximate surface area is 125 Å². The van der Waals surface area contributed by atoms with E-state index in [0.717, 1.165) is 31.6 Å². The number of hydrogen-bond donors (Lipinski definition) is 0. The first-order valence-corrected chi connectivity index (χ1v) is 8.15. The van der Waals surface area contributed by atoms with Crippen molar-refractivity contribution in [2.75, 3.05) is 13.6 Å². The van der Waals surface area contributed by atoms with Crippen LogP contribution in [0.15, 0.2) is 12.1 Å². The van der Waals surface area contributed by atoms with Crippen LogP contribution in [0.3, 0.4) is 0 Å². The van der Waals surface area contributed by atoms with Crippen LogP contribution < -0.4 is 4.74 Å². The third-order valence-electron chi connectivity index (χ3n) is 6.60. The van der Waals surface area contributed by atoms with Gasteiger partial charge in [-0.3, -0.25) is 4.79 Å². The molecule has 5 rings (SSSR count). The summed E-state index contributed by atoms with van der Waals surface area (Å²) in [5, 5.41) is 0. The molecule has 2 aliphatic heterocycles. The molecule has 2 aliphatic carbocycles. The van der Waals surface area contributed by atoms with E-state index in [1.165, 1.54) is 16.7 Å². The van der Waals surface area contributed by atoms with Gasteiger partial charge in [-0.2, -0.15) is 0 Å². The number of likely N-dealkylation sites (tertiary alicyclic amines) is 1. The van der Waals surface area contributed by atoms with Crippen LogP contribution in [0.4, 0.5) is 0 Å². The van der Waals surface area contributed by atoms with Crippen LogP contribution in [0.2, 0.25) is 0 Å². The maximum Gasteiger partial charge on any atom is 0.174 e. The van der Waals surface area contributed by atoms with Gasteiger partial charge in [0.15, 0.2) is 11.9 Å². The number of benzene rings is 1. The molecule has 0 aromatic heterocycles. The highest BCUT2D eigenvalue weighted by atomic mass is 16.5. The van der Waals surface area contributed by atoms with Crippen LogP contribution in [-0.2, 0) is 16.6 Å². The van der Waals surface area contributed by atoms with Gasteiger partial charge in [-0.05, 0) is 56.8 Å². The molecule has 2 fully saturated rings. The first-order chi connectivity index (χ1) is 10.1. The highest BCUT2D eigenvalue weighted by molar-refractivity contribution is 5.89. The number of rotatable bonds is 0. The van der Waals surface area contributed by atoms with Crippen molar-refractivity contribution in [3.63, 3.8) is 0 Å². The molecule has 1 aromatic carbocycles. The smallest absolute Gasteiger partial charge is 0.174 e. The van der Waals surface area contributed by atoms with Gasteiger partial charge >= 0.3 is 0 Å². The lowest BCUT2D eigenvalue weighted by molar-refractivity contribution is -0.138. The highest BCUT2D eigenvalue weighted by Crippen LogP contribution is 2.61. The number of likely N-dealkylation sites (N-methyl/N-ethyl adjacent to an activating group) is 1. The average Bonchev–Trinajstić information content (AvgIpc) is 2.83. The van der Waals surface area contributed by atoms with Crippen LogP contribution in [0.1, 0.15) is 36.0 Å². The second-order valence-electron chi connectivity index (χ2n) is 7.40. The van der Waals surface area contributed by atoms with Crippen molar-refractivity contribution in [1.82, 2.24) is 4.90 Å². The molecule has 1 saturated carbocycles. The average molecular weight is 283 g/mol. The van der Waals surface area contributed by atoms with E-state index in [9.17, 15) is 4.79 Å². The Kier molecular flexibility index (Phi) is 2.15. The van der Waals surface area contributed by atoms with Gasteiger partial charge in [-0.1, -0.05) is 12.1 Å². The lowest BCUT2D eigenvalue weighted by atomic mass is 9.51. The molecule has 3 heteroatoms. The summed E-state index contributed by atoms with van der Waals surface area (Å²) in [5.41, 5.74) is 4.03. The molecule has 21 heavy (non-hydrogen) atoms. The fourth-order valence-electron chi connectivity index (χ4n) is 5.67. The molecule has 0 amide bonds. The summed E-state index contributed by atoms with van der Waals surface area (Å²) in [5.74, 6) is 1.97. The quantitative estimate of drug-likeness (QED) is 0.731. The zero-order valence-corrected chi connectivity index (χ0v) is 12.7. The number of ether oxygens (including phenoxy) is 1. The first-order valence-electron chi connectivity index (χ1n) is 8.15. The fourth-order valence-corrected chi connectivity index (χ4v) is 5.67. The minimum atomic E-state index is -0.206. The van der Waals surface area contributed by atoms with E-state index in [0.29, 0.717) is 24.2 Å². The molecule has 2 bridgehead atoms. The number of carbonyl (C=O) groups excluding carboxylic acids is 1. The lowest BCUT2D eigenvalue weighted by Gasteiger charge is -2.57. The van der Waals surface area contributed by atoms with Crippen molar-refractivity contribution in [3.05, 3.63) is 28.8 Å². The topological polar surface area (TPSA) is 29.5 Å². The van der Waals surface area contributed by atoms with Crippen LogP contribution in [-0.4, -0.2) is 36.4 Å². The summed E-state index contributed by atoms with van der Waals surface area (Å²) in [6, 6.07) is 5.03. The number of ketones is 1. The van der Waals surface area contributed by atoms with Crippen molar-refractivity contribution in [1.29, 1.82) is 0 Å². The molecule has 4 aliphatic rings.